The normalized spacial score (nSPS) is 10.5. The van der Waals surface area contributed by atoms with Crippen LogP contribution in [0.15, 0.2) is 46.9 Å². The predicted octanol–water partition coefficient (Wildman–Crippen LogP) is 5.00. The fourth-order valence-corrected chi connectivity index (χ4v) is 3.80. The van der Waals surface area contributed by atoms with E-state index in [1.54, 1.807) is 6.07 Å². The molecule has 0 aliphatic rings. The minimum absolute atomic E-state index is 0.0910. The van der Waals surface area contributed by atoms with E-state index < -0.39 is 11.9 Å². The molecule has 0 fully saturated rings. The van der Waals surface area contributed by atoms with Crippen molar-refractivity contribution in [2.45, 2.75) is 6.92 Å². The third-order valence-electron chi connectivity index (χ3n) is 4.40. The molecule has 150 valence electrons. The number of ether oxygens (including phenoxy) is 4. The van der Waals surface area contributed by atoms with Crippen molar-refractivity contribution in [1.82, 2.24) is 0 Å². The minimum atomic E-state index is -0.613. The first-order chi connectivity index (χ1) is 13.9. The van der Waals surface area contributed by atoms with Gasteiger partial charge in [-0.3, -0.25) is 4.79 Å². The Hall–Kier alpha value is -3.06. The molecule has 0 heterocycles. The van der Waals surface area contributed by atoms with Gasteiger partial charge in [0.1, 0.15) is 11.3 Å². The van der Waals surface area contributed by atoms with Crippen LogP contribution in [0.1, 0.15) is 17.3 Å². The molecule has 3 aromatic carbocycles. The van der Waals surface area contributed by atoms with Crippen LogP contribution in [0.25, 0.3) is 21.9 Å². The largest absolute Gasteiger partial charge is 0.495 e. The van der Waals surface area contributed by atoms with Crippen molar-refractivity contribution >= 4 is 38.6 Å². The average molecular weight is 459 g/mol. The molecule has 0 saturated carbocycles. The summed E-state index contributed by atoms with van der Waals surface area (Å²) < 4.78 is 22.3. The summed E-state index contributed by atoms with van der Waals surface area (Å²) in [7, 11) is 4.20. The number of esters is 2. The van der Waals surface area contributed by atoms with Crippen LogP contribution in [-0.4, -0.2) is 33.3 Å². The van der Waals surface area contributed by atoms with Gasteiger partial charge < -0.3 is 18.9 Å². The topological polar surface area (TPSA) is 71.1 Å². The Morgan fingerprint density at radius 1 is 0.862 bits per heavy atom. The van der Waals surface area contributed by atoms with Crippen molar-refractivity contribution in [3.63, 3.8) is 0 Å². The van der Waals surface area contributed by atoms with E-state index >= 15 is 0 Å². The molecular weight excluding hydrogens is 440 g/mol. The molecule has 29 heavy (non-hydrogen) atoms. The standard InChI is InChI=1S/C22H19BrO6/c1-12(24)29-21-17-14(10-11-15(23)19(17)26-2)16(13-8-6-5-7-9-13)18(20(21)27-3)22(25)28-4/h5-11H,1-4H3. The number of rotatable bonds is 5. The molecule has 0 amide bonds. The van der Waals surface area contributed by atoms with Gasteiger partial charge in [0.05, 0.1) is 31.2 Å². The third kappa shape index (κ3) is 3.65. The zero-order valence-electron chi connectivity index (χ0n) is 16.4. The molecule has 0 N–H and O–H groups in total. The lowest BCUT2D eigenvalue weighted by molar-refractivity contribution is -0.131. The summed E-state index contributed by atoms with van der Waals surface area (Å²) in [4.78, 5) is 24.7. The van der Waals surface area contributed by atoms with Crippen LogP contribution in [0.2, 0.25) is 0 Å². The Bertz CT molecular complexity index is 1090. The van der Waals surface area contributed by atoms with Crippen molar-refractivity contribution in [3.8, 4) is 28.4 Å². The Morgan fingerprint density at radius 2 is 1.52 bits per heavy atom. The van der Waals surface area contributed by atoms with E-state index in [-0.39, 0.29) is 17.1 Å². The van der Waals surface area contributed by atoms with Crippen molar-refractivity contribution in [3.05, 3.63) is 52.5 Å². The maximum absolute atomic E-state index is 12.8. The number of fused-ring (bicyclic) bond motifs is 1. The monoisotopic (exact) mass is 458 g/mol. The van der Waals surface area contributed by atoms with Gasteiger partial charge >= 0.3 is 11.9 Å². The molecule has 0 bridgehead atoms. The van der Waals surface area contributed by atoms with Crippen molar-refractivity contribution in [1.29, 1.82) is 0 Å². The van der Waals surface area contributed by atoms with Gasteiger partial charge in [-0.05, 0) is 32.9 Å². The van der Waals surface area contributed by atoms with Gasteiger partial charge in [-0.2, -0.15) is 0 Å². The van der Waals surface area contributed by atoms with Crippen LogP contribution in [0.3, 0.4) is 0 Å². The number of carbonyl (C=O) groups is 2. The van der Waals surface area contributed by atoms with Crippen molar-refractivity contribution in [2.24, 2.45) is 0 Å². The smallest absolute Gasteiger partial charge is 0.342 e. The van der Waals surface area contributed by atoms with Crippen LogP contribution < -0.4 is 14.2 Å². The van der Waals surface area contributed by atoms with E-state index in [1.807, 2.05) is 36.4 Å². The third-order valence-corrected chi connectivity index (χ3v) is 5.02. The minimum Gasteiger partial charge on any atom is -0.495 e. The summed E-state index contributed by atoms with van der Waals surface area (Å²) >= 11 is 3.47. The molecule has 3 aromatic rings. The van der Waals surface area contributed by atoms with Gasteiger partial charge in [0.2, 0.25) is 0 Å². The summed E-state index contributed by atoms with van der Waals surface area (Å²) in [6.45, 7) is 1.28. The van der Waals surface area contributed by atoms with E-state index in [1.165, 1.54) is 28.3 Å². The van der Waals surface area contributed by atoms with Gasteiger partial charge in [0.15, 0.2) is 11.5 Å². The Kier molecular flexibility index (Phi) is 6.08. The van der Waals surface area contributed by atoms with Gasteiger partial charge in [-0.15, -0.1) is 0 Å². The molecule has 0 aliphatic carbocycles. The number of carbonyl (C=O) groups excluding carboxylic acids is 2. The molecule has 0 spiro atoms. The number of hydrogen-bond acceptors (Lipinski definition) is 6. The molecule has 7 heteroatoms. The van der Waals surface area contributed by atoms with Crippen molar-refractivity contribution in [2.75, 3.05) is 21.3 Å². The van der Waals surface area contributed by atoms with Gasteiger partial charge in [0.25, 0.3) is 0 Å². The summed E-state index contributed by atoms with van der Waals surface area (Å²) in [5.74, 6) is -0.540. The first kappa shape index (κ1) is 20.7. The highest BCUT2D eigenvalue weighted by atomic mass is 79.9. The second kappa shape index (κ2) is 8.53. The predicted molar refractivity (Wildman–Crippen MR) is 113 cm³/mol. The van der Waals surface area contributed by atoms with E-state index in [0.29, 0.717) is 26.6 Å². The SMILES string of the molecule is COC(=O)c1c(OC)c(OC(C)=O)c2c(OC)c(Br)ccc2c1-c1ccccc1. The highest BCUT2D eigenvalue weighted by Crippen LogP contribution is 2.51. The molecule has 3 rings (SSSR count). The lowest BCUT2D eigenvalue weighted by atomic mass is 9.91. The van der Waals surface area contributed by atoms with Crippen LogP contribution in [0.5, 0.6) is 17.2 Å². The highest BCUT2D eigenvalue weighted by Gasteiger charge is 2.30. The maximum atomic E-state index is 12.8. The fourth-order valence-electron chi connectivity index (χ4n) is 3.30. The number of hydrogen-bond donors (Lipinski definition) is 0. The average Bonchev–Trinajstić information content (AvgIpc) is 2.73. The quantitative estimate of drug-likeness (QED) is 0.395. The first-order valence-electron chi connectivity index (χ1n) is 8.66. The fraction of sp³-hybridized carbons (Fsp3) is 0.182. The lowest BCUT2D eigenvalue weighted by Crippen LogP contribution is -2.11. The Balaban J connectivity index is 2.64. The summed E-state index contributed by atoms with van der Waals surface area (Å²) in [6.07, 6.45) is 0. The van der Waals surface area contributed by atoms with Crippen LogP contribution >= 0.6 is 15.9 Å². The summed E-state index contributed by atoms with van der Waals surface area (Å²) in [6, 6.07) is 13.0. The Morgan fingerprint density at radius 3 is 2.07 bits per heavy atom. The highest BCUT2D eigenvalue weighted by molar-refractivity contribution is 9.10. The summed E-state index contributed by atoms with van der Waals surface area (Å²) in [5, 5.41) is 1.15. The van der Waals surface area contributed by atoms with Crippen LogP contribution in [-0.2, 0) is 9.53 Å². The maximum Gasteiger partial charge on any atom is 0.342 e. The lowest BCUT2D eigenvalue weighted by Gasteiger charge is -2.21. The molecular formula is C22H19BrO6. The van der Waals surface area contributed by atoms with Gasteiger partial charge in [-0.1, -0.05) is 36.4 Å². The van der Waals surface area contributed by atoms with E-state index in [0.717, 1.165) is 5.56 Å². The van der Waals surface area contributed by atoms with E-state index in [9.17, 15) is 9.59 Å². The Labute approximate surface area is 176 Å². The van der Waals surface area contributed by atoms with E-state index in [4.69, 9.17) is 18.9 Å². The first-order valence-corrected chi connectivity index (χ1v) is 9.46. The molecule has 6 nitrogen and oxygen atoms in total. The molecule has 0 aromatic heterocycles. The number of benzene rings is 3. The second-order valence-corrected chi connectivity index (χ2v) is 6.92. The molecule has 0 saturated heterocycles. The van der Waals surface area contributed by atoms with Crippen LogP contribution in [0, 0.1) is 0 Å². The molecule has 0 unspecified atom stereocenters. The zero-order valence-corrected chi connectivity index (χ0v) is 18.0. The van der Waals surface area contributed by atoms with Gasteiger partial charge in [-0.25, -0.2) is 4.79 Å². The van der Waals surface area contributed by atoms with E-state index in [2.05, 4.69) is 15.9 Å². The molecule has 0 aliphatic heterocycles. The van der Waals surface area contributed by atoms with Crippen LogP contribution in [0.4, 0.5) is 0 Å². The number of methoxy groups -OCH3 is 3. The molecule has 0 radical (unpaired) electrons. The van der Waals surface area contributed by atoms with Gasteiger partial charge in [0, 0.05) is 12.5 Å². The zero-order chi connectivity index (χ0) is 21.1. The summed E-state index contributed by atoms with van der Waals surface area (Å²) in [5.41, 5.74) is 1.52. The number of halogens is 1. The molecule has 0 atom stereocenters. The second-order valence-electron chi connectivity index (χ2n) is 6.07. The van der Waals surface area contributed by atoms with Crippen molar-refractivity contribution < 1.29 is 28.5 Å².